The molecule has 1 aromatic carbocycles. The highest BCUT2D eigenvalue weighted by Gasteiger charge is 2.05. The van der Waals surface area contributed by atoms with Crippen LogP contribution in [0, 0.1) is 0 Å². The second kappa shape index (κ2) is 8.24. The molecule has 0 spiro atoms. The summed E-state index contributed by atoms with van der Waals surface area (Å²) in [5, 5.41) is 8.90. The number of aromatic nitrogens is 2. The largest absolute Gasteiger partial charge is 0.352 e. The molecule has 0 aliphatic carbocycles. The first-order chi connectivity index (χ1) is 11.1. The molecule has 1 heterocycles. The number of nitrogens with one attached hydrogen (secondary N) is 3. The molecule has 0 aliphatic heterocycles. The van der Waals surface area contributed by atoms with E-state index in [1.807, 2.05) is 24.3 Å². The molecule has 0 aliphatic rings. The van der Waals surface area contributed by atoms with Gasteiger partial charge >= 0.3 is 0 Å². The predicted octanol–water partition coefficient (Wildman–Crippen LogP) is 2.51. The second-order valence-electron chi connectivity index (χ2n) is 5.41. The molecule has 0 unspecified atom stereocenters. The minimum Gasteiger partial charge on any atom is -0.352 e. The van der Waals surface area contributed by atoms with Gasteiger partial charge in [-0.05, 0) is 38.1 Å². The van der Waals surface area contributed by atoms with E-state index in [4.69, 9.17) is 0 Å². The van der Waals surface area contributed by atoms with Crippen molar-refractivity contribution in [3.8, 4) is 11.1 Å². The summed E-state index contributed by atoms with van der Waals surface area (Å²) in [7, 11) is 1.74. The Hall–Kier alpha value is -2.47. The number of hydrogen-bond donors (Lipinski definition) is 3. The third-order valence-corrected chi connectivity index (χ3v) is 3.46. The zero-order valence-electron chi connectivity index (χ0n) is 13.8. The van der Waals surface area contributed by atoms with Crippen LogP contribution < -0.4 is 16.0 Å². The van der Waals surface area contributed by atoms with Crippen molar-refractivity contribution in [1.82, 2.24) is 15.3 Å². The van der Waals surface area contributed by atoms with Crippen LogP contribution in [0.5, 0.6) is 0 Å². The first kappa shape index (κ1) is 16.9. The summed E-state index contributed by atoms with van der Waals surface area (Å²) >= 11 is 0. The highest BCUT2D eigenvalue weighted by atomic mass is 16.1. The van der Waals surface area contributed by atoms with Crippen molar-refractivity contribution >= 4 is 17.5 Å². The Morgan fingerprint density at radius 3 is 2.61 bits per heavy atom. The zero-order chi connectivity index (χ0) is 16.7. The molecule has 1 aromatic heterocycles. The lowest BCUT2D eigenvalue weighted by Gasteiger charge is -2.11. The Bertz CT molecular complexity index is 642. The molecule has 2 aromatic rings. The molecule has 0 bridgehead atoms. The second-order valence-corrected chi connectivity index (χ2v) is 5.41. The number of nitrogens with zero attached hydrogens (tertiary/aromatic N) is 2. The van der Waals surface area contributed by atoms with Gasteiger partial charge in [0, 0.05) is 29.7 Å². The van der Waals surface area contributed by atoms with E-state index in [2.05, 4.69) is 39.8 Å². The normalized spacial score (nSPS) is 11.8. The number of benzene rings is 1. The first-order valence-corrected chi connectivity index (χ1v) is 7.75. The van der Waals surface area contributed by atoms with E-state index in [1.54, 1.807) is 19.4 Å². The van der Waals surface area contributed by atoms with Gasteiger partial charge in [0.1, 0.15) is 0 Å². The van der Waals surface area contributed by atoms with Gasteiger partial charge < -0.3 is 16.0 Å². The van der Waals surface area contributed by atoms with E-state index >= 15 is 0 Å². The van der Waals surface area contributed by atoms with Crippen LogP contribution in [0.2, 0.25) is 0 Å². The number of anilines is 2. The van der Waals surface area contributed by atoms with Crippen LogP contribution in [0.3, 0.4) is 0 Å². The van der Waals surface area contributed by atoms with Gasteiger partial charge in [0.25, 0.3) is 0 Å². The number of hydrogen-bond acceptors (Lipinski definition) is 5. The van der Waals surface area contributed by atoms with Gasteiger partial charge in [0.15, 0.2) is 0 Å². The minimum atomic E-state index is -0.0750. The summed E-state index contributed by atoms with van der Waals surface area (Å²) in [5.41, 5.74) is 2.62. The van der Waals surface area contributed by atoms with Gasteiger partial charge in [-0.1, -0.05) is 19.1 Å². The maximum absolute atomic E-state index is 11.6. The first-order valence-electron chi connectivity index (χ1n) is 7.75. The Labute approximate surface area is 136 Å². The minimum absolute atomic E-state index is 0.0750. The summed E-state index contributed by atoms with van der Waals surface area (Å²) in [6, 6.07) is 7.97. The average Bonchev–Trinajstić information content (AvgIpc) is 2.56. The van der Waals surface area contributed by atoms with Crippen LogP contribution in [0.15, 0.2) is 36.7 Å². The van der Waals surface area contributed by atoms with Gasteiger partial charge in [-0.25, -0.2) is 9.97 Å². The molecule has 3 N–H and O–H groups in total. The highest BCUT2D eigenvalue weighted by molar-refractivity contribution is 5.92. The molecule has 0 fully saturated rings. The average molecular weight is 313 g/mol. The summed E-state index contributed by atoms with van der Waals surface area (Å²) < 4.78 is 0. The summed E-state index contributed by atoms with van der Waals surface area (Å²) in [4.78, 5) is 20.3. The molecular formula is C17H23N5O. The van der Waals surface area contributed by atoms with E-state index in [1.165, 1.54) is 0 Å². The van der Waals surface area contributed by atoms with Crippen LogP contribution in [0.25, 0.3) is 11.1 Å². The topological polar surface area (TPSA) is 78.9 Å². The summed E-state index contributed by atoms with van der Waals surface area (Å²) in [6.07, 6.45) is 4.58. The van der Waals surface area contributed by atoms with Crippen molar-refractivity contribution in [3.05, 3.63) is 36.7 Å². The molecular weight excluding hydrogens is 290 g/mol. The van der Waals surface area contributed by atoms with Gasteiger partial charge in [-0.15, -0.1) is 0 Å². The molecule has 23 heavy (non-hydrogen) atoms. The van der Waals surface area contributed by atoms with Crippen LogP contribution in [0.1, 0.15) is 20.3 Å². The zero-order valence-corrected chi connectivity index (χ0v) is 13.8. The molecule has 6 nitrogen and oxygen atoms in total. The van der Waals surface area contributed by atoms with E-state index in [0.29, 0.717) is 12.0 Å². The fourth-order valence-electron chi connectivity index (χ4n) is 2.02. The summed E-state index contributed by atoms with van der Waals surface area (Å²) in [5.74, 6) is 0.551. The van der Waals surface area contributed by atoms with Crippen molar-refractivity contribution in [2.24, 2.45) is 0 Å². The molecule has 1 amide bonds. The van der Waals surface area contributed by atoms with E-state index in [-0.39, 0.29) is 12.5 Å². The number of carbonyl (C=O) groups excluding carboxylic acids is 1. The molecule has 0 saturated carbocycles. The highest BCUT2D eigenvalue weighted by Crippen LogP contribution is 2.22. The number of carbonyl (C=O) groups is 1. The van der Waals surface area contributed by atoms with Crippen molar-refractivity contribution in [1.29, 1.82) is 0 Å². The SMILES string of the molecule is CC[C@H](C)Nc1ncc(-c2cccc(NC(=O)CNC)c2)cn1. The fourth-order valence-corrected chi connectivity index (χ4v) is 2.02. The number of rotatable bonds is 7. The molecule has 1 atom stereocenters. The number of amides is 1. The maximum atomic E-state index is 11.6. The molecule has 6 heteroatoms. The lowest BCUT2D eigenvalue weighted by Crippen LogP contribution is -2.24. The Balaban J connectivity index is 2.10. The lowest BCUT2D eigenvalue weighted by atomic mass is 10.1. The van der Waals surface area contributed by atoms with Gasteiger partial charge in [-0.2, -0.15) is 0 Å². The maximum Gasteiger partial charge on any atom is 0.238 e. The lowest BCUT2D eigenvalue weighted by molar-refractivity contribution is -0.115. The Kier molecular flexibility index (Phi) is 6.05. The molecule has 122 valence electrons. The number of likely N-dealkylation sites (N-methyl/N-ethyl adjacent to an activating group) is 1. The van der Waals surface area contributed by atoms with Crippen LogP contribution >= 0.6 is 0 Å². The van der Waals surface area contributed by atoms with E-state index in [0.717, 1.165) is 23.2 Å². The van der Waals surface area contributed by atoms with Crippen LogP contribution in [0.4, 0.5) is 11.6 Å². The van der Waals surface area contributed by atoms with Crippen molar-refractivity contribution in [3.63, 3.8) is 0 Å². The van der Waals surface area contributed by atoms with Gasteiger partial charge in [0.05, 0.1) is 6.54 Å². The van der Waals surface area contributed by atoms with Crippen molar-refractivity contribution < 1.29 is 4.79 Å². The monoisotopic (exact) mass is 313 g/mol. The molecule has 0 radical (unpaired) electrons. The smallest absolute Gasteiger partial charge is 0.238 e. The van der Waals surface area contributed by atoms with E-state index in [9.17, 15) is 4.79 Å². The Morgan fingerprint density at radius 2 is 1.96 bits per heavy atom. The quantitative estimate of drug-likeness (QED) is 0.732. The van der Waals surface area contributed by atoms with Gasteiger partial charge in [0.2, 0.25) is 11.9 Å². The van der Waals surface area contributed by atoms with E-state index < -0.39 is 0 Å². The van der Waals surface area contributed by atoms with Gasteiger partial charge in [-0.3, -0.25) is 4.79 Å². The molecule has 2 rings (SSSR count). The van der Waals surface area contributed by atoms with Crippen LogP contribution in [-0.2, 0) is 4.79 Å². The van der Waals surface area contributed by atoms with Crippen molar-refractivity contribution in [2.45, 2.75) is 26.3 Å². The predicted molar refractivity (Wildman–Crippen MR) is 93.4 cm³/mol. The Morgan fingerprint density at radius 1 is 1.22 bits per heavy atom. The van der Waals surface area contributed by atoms with Crippen molar-refractivity contribution in [2.75, 3.05) is 24.2 Å². The standard InChI is InChI=1S/C17H23N5O/c1-4-12(2)21-17-19-9-14(10-20-17)13-6-5-7-15(8-13)22-16(23)11-18-3/h5-10,12,18H,4,11H2,1-3H3,(H,22,23)(H,19,20,21)/t12-/m0/s1. The third-order valence-electron chi connectivity index (χ3n) is 3.46. The third kappa shape index (κ3) is 5.03. The summed E-state index contributed by atoms with van der Waals surface area (Å²) in [6.45, 7) is 4.48. The molecule has 0 saturated heterocycles. The van der Waals surface area contributed by atoms with Crippen LogP contribution in [-0.4, -0.2) is 35.5 Å². The fraction of sp³-hybridized carbons (Fsp3) is 0.353.